The molecule has 0 unspecified atom stereocenters. The topological polar surface area (TPSA) is 26.3 Å². The van der Waals surface area contributed by atoms with Gasteiger partial charge in [0.15, 0.2) is 5.78 Å². The smallest absolute Gasteiger partial charge is 0.166 e. The van der Waals surface area contributed by atoms with Crippen LogP contribution < -0.4 is 0 Å². The van der Waals surface area contributed by atoms with Crippen molar-refractivity contribution >= 4 is 17.4 Å². The van der Waals surface area contributed by atoms with E-state index in [-0.39, 0.29) is 5.78 Å². The molecule has 1 aliphatic carbocycles. The second-order valence-corrected chi connectivity index (χ2v) is 4.08. The molecule has 0 spiro atoms. The average Bonchev–Trinajstić information content (AvgIpc) is 2.49. The summed E-state index contributed by atoms with van der Waals surface area (Å²) in [5.74, 6) is 1.04. The number of Topliss-reactive ketones (excluding diaryl/α,β-unsaturated/α-hetero) is 1. The number of ketones is 1. The van der Waals surface area contributed by atoms with E-state index in [1.807, 2.05) is 30.3 Å². The number of ether oxygens (including phenoxy) is 1. The van der Waals surface area contributed by atoms with Gasteiger partial charge in [0, 0.05) is 12.8 Å². The van der Waals surface area contributed by atoms with E-state index in [0.717, 1.165) is 35.3 Å². The Bertz CT molecular complexity index is 509. The minimum absolute atomic E-state index is 0.206. The van der Waals surface area contributed by atoms with Crippen molar-refractivity contribution in [3.8, 4) is 0 Å². The van der Waals surface area contributed by atoms with Crippen LogP contribution in [0.25, 0.3) is 11.6 Å². The molecule has 0 atom stereocenters. The van der Waals surface area contributed by atoms with E-state index in [1.54, 1.807) is 6.26 Å². The molecule has 1 heterocycles. The number of allylic oxidation sites excluding steroid dienone is 2. The van der Waals surface area contributed by atoms with Gasteiger partial charge in [0.05, 0.1) is 11.8 Å². The molecule has 80 valence electrons. The van der Waals surface area contributed by atoms with Crippen LogP contribution in [0, 0.1) is 0 Å². The van der Waals surface area contributed by atoms with Crippen molar-refractivity contribution in [2.24, 2.45) is 0 Å². The maximum atomic E-state index is 12.0. The zero-order valence-corrected chi connectivity index (χ0v) is 8.90. The van der Waals surface area contributed by atoms with Crippen LogP contribution in [-0.4, -0.2) is 5.78 Å². The molecule has 16 heavy (non-hydrogen) atoms. The van der Waals surface area contributed by atoms with Crippen LogP contribution >= 0.6 is 0 Å². The summed E-state index contributed by atoms with van der Waals surface area (Å²) in [6.45, 7) is 0. The molecular weight excluding hydrogens is 200 g/mol. The third kappa shape index (κ3) is 1.38. The highest BCUT2D eigenvalue weighted by Gasteiger charge is 2.25. The molecule has 0 radical (unpaired) electrons. The van der Waals surface area contributed by atoms with Crippen molar-refractivity contribution < 1.29 is 9.53 Å². The molecule has 0 saturated carbocycles. The van der Waals surface area contributed by atoms with Gasteiger partial charge >= 0.3 is 0 Å². The molecule has 0 saturated heterocycles. The molecule has 1 aliphatic heterocycles. The van der Waals surface area contributed by atoms with E-state index in [4.69, 9.17) is 4.74 Å². The van der Waals surface area contributed by atoms with E-state index in [0.29, 0.717) is 6.42 Å². The summed E-state index contributed by atoms with van der Waals surface area (Å²) < 4.78 is 5.54. The Morgan fingerprint density at radius 3 is 2.94 bits per heavy atom. The molecule has 0 bridgehead atoms. The van der Waals surface area contributed by atoms with E-state index in [1.165, 1.54) is 0 Å². The lowest BCUT2D eigenvalue weighted by atomic mass is 9.89. The first kappa shape index (κ1) is 9.40. The molecule has 0 fully saturated rings. The third-order valence-electron chi connectivity index (χ3n) is 3.05. The summed E-state index contributed by atoms with van der Waals surface area (Å²) in [5.41, 5.74) is 2.85. The van der Waals surface area contributed by atoms with Crippen LogP contribution in [0.1, 0.15) is 30.4 Å². The summed E-state index contributed by atoms with van der Waals surface area (Å²) in [6, 6.07) is 7.94. The maximum Gasteiger partial charge on any atom is 0.166 e. The zero-order chi connectivity index (χ0) is 11.0. The molecule has 3 rings (SSSR count). The summed E-state index contributed by atoms with van der Waals surface area (Å²) in [4.78, 5) is 12.0. The van der Waals surface area contributed by atoms with Gasteiger partial charge in [0.25, 0.3) is 0 Å². The number of carbonyl (C=O) groups is 1. The van der Waals surface area contributed by atoms with Gasteiger partial charge in [-0.15, -0.1) is 0 Å². The molecule has 1 aromatic rings. The van der Waals surface area contributed by atoms with Crippen molar-refractivity contribution in [3.63, 3.8) is 0 Å². The lowest BCUT2D eigenvalue weighted by molar-refractivity contribution is -0.114. The molecule has 0 amide bonds. The fraction of sp³-hybridized carbons (Fsp3) is 0.214. The number of hydrogen-bond donors (Lipinski definition) is 0. The van der Waals surface area contributed by atoms with Crippen molar-refractivity contribution in [1.29, 1.82) is 0 Å². The van der Waals surface area contributed by atoms with Gasteiger partial charge in [-0.05, 0) is 23.6 Å². The van der Waals surface area contributed by atoms with Crippen LogP contribution in [0.2, 0.25) is 0 Å². The van der Waals surface area contributed by atoms with E-state index in [9.17, 15) is 4.79 Å². The van der Waals surface area contributed by atoms with Crippen LogP contribution in [0.15, 0.2) is 36.3 Å². The molecule has 0 aromatic heterocycles. The van der Waals surface area contributed by atoms with Gasteiger partial charge in [-0.3, -0.25) is 4.79 Å². The van der Waals surface area contributed by atoms with E-state index in [2.05, 4.69) is 0 Å². The van der Waals surface area contributed by atoms with E-state index < -0.39 is 0 Å². The largest absolute Gasteiger partial charge is 0.469 e. The first-order chi connectivity index (χ1) is 7.86. The van der Waals surface area contributed by atoms with Gasteiger partial charge in [0.1, 0.15) is 5.76 Å². The fourth-order valence-corrected chi connectivity index (χ4v) is 2.29. The number of hydrogen-bond acceptors (Lipinski definition) is 2. The molecule has 1 aromatic carbocycles. The van der Waals surface area contributed by atoms with Gasteiger partial charge < -0.3 is 4.74 Å². The SMILES string of the molecule is O=C1CCCC2=C1c1ccccc1C=CO2. The maximum absolute atomic E-state index is 12.0. The lowest BCUT2D eigenvalue weighted by Crippen LogP contribution is -2.11. The Morgan fingerprint density at radius 2 is 2.00 bits per heavy atom. The quantitative estimate of drug-likeness (QED) is 0.660. The normalized spacial score (nSPS) is 18.6. The highest BCUT2D eigenvalue weighted by atomic mass is 16.5. The second kappa shape index (κ2) is 3.63. The van der Waals surface area contributed by atoms with Crippen molar-refractivity contribution in [3.05, 3.63) is 47.4 Å². The lowest BCUT2D eigenvalue weighted by Gasteiger charge is -2.17. The minimum Gasteiger partial charge on any atom is -0.469 e. The van der Waals surface area contributed by atoms with Gasteiger partial charge in [-0.1, -0.05) is 24.3 Å². The Kier molecular flexibility index (Phi) is 2.13. The number of rotatable bonds is 0. The highest BCUT2D eigenvalue weighted by Crippen LogP contribution is 2.34. The predicted molar refractivity (Wildman–Crippen MR) is 62.3 cm³/mol. The van der Waals surface area contributed by atoms with Crippen LogP contribution in [0.5, 0.6) is 0 Å². The van der Waals surface area contributed by atoms with Crippen molar-refractivity contribution in [2.45, 2.75) is 19.3 Å². The summed E-state index contributed by atoms with van der Waals surface area (Å²) >= 11 is 0. The van der Waals surface area contributed by atoms with Gasteiger partial charge in [-0.25, -0.2) is 0 Å². The van der Waals surface area contributed by atoms with Crippen LogP contribution in [-0.2, 0) is 9.53 Å². The van der Waals surface area contributed by atoms with Crippen LogP contribution in [0.3, 0.4) is 0 Å². The first-order valence-corrected chi connectivity index (χ1v) is 5.55. The third-order valence-corrected chi connectivity index (χ3v) is 3.05. The Morgan fingerprint density at radius 1 is 1.12 bits per heavy atom. The monoisotopic (exact) mass is 212 g/mol. The minimum atomic E-state index is 0.206. The molecule has 0 N–H and O–H groups in total. The first-order valence-electron chi connectivity index (χ1n) is 5.55. The van der Waals surface area contributed by atoms with Crippen molar-refractivity contribution in [2.75, 3.05) is 0 Å². The molecule has 2 aliphatic rings. The average molecular weight is 212 g/mol. The Labute approximate surface area is 94.2 Å². The molecule has 2 nitrogen and oxygen atoms in total. The number of fused-ring (bicyclic) bond motifs is 2. The zero-order valence-electron chi connectivity index (χ0n) is 8.90. The number of carbonyl (C=O) groups excluding carboxylic acids is 1. The van der Waals surface area contributed by atoms with Crippen LogP contribution in [0.4, 0.5) is 0 Å². The second-order valence-electron chi connectivity index (χ2n) is 4.08. The van der Waals surface area contributed by atoms with Crippen molar-refractivity contribution in [1.82, 2.24) is 0 Å². The highest BCUT2D eigenvalue weighted by molar-refractivity contribution is 6.22. The Balaban J connectivity index is 2.25. The fourth-order valence-electron chi connectivity index (χ4n) is 2.29. The molecule has 2 heteroatoms. The summed E-state index contributed by atoms with van der Waals surface area (Å²) in [7, 11) is 0. The Hall–Kier alpha value is -1.83. The number of benzene rings is 1. The summed E-state index contributed by atoms with van der Waals surface area (Å²) in [5, 5.41) is 0. The standard InChI is InChI=1S/C14H12O2/c15-12-6-3-7-13-14(12)11-5-2-1-4-10(11)8-9-16-13/h1-2,4-5,8-9H,3,6-7H2. The van der Waals surface area contributed by atoms with Gasteiger partial charge in [0.2, 0.25) is 0 Å². The summed E-state index contributed by atoms with van der Waals surface area (Å²) in [6.07, 6.45) is 5.99. The molecular formula is C14H12O2. The van der Waals surface area contributed by atoms with Gasteiger partial charge in [-0.2, -0.15) is 0 Å². The predicted octanol–water partition coefficient (Wildman–Crippen LogP) is 3.15. The van der Waals surface area contributed by atoms with E-state index >= 15 is 0 Å².